The molecular weight excluding hydrogens is 259 g/mol. The van der Waals surface area contributed by atoms with Crippen molar-refractivity contribution in [3.05, 3.63) is 59.9 Å². The second-order valence-electron chi connectivity index (χ2n) is 4.26. The first-order valence-corrected chi connectivity index (χ1v) is 6.33. The van der Waals surface area contributed by atoms with Gasteiger partial charge in [0.2, 0.25) is 0 Å². The summed E-state index contributed by atoms with van der Waals surface area (Å²) in [5, 5.41) is 9.75. The summed E-state index contributed by atoms with van der Waals surface area (Å²) in [6, 6.07) is 13.7. The third kappa shape index (κ3) is 3.03. The summed E-state index contributed by atoms with van der Waals surface area (Å²) in [6.45, 7) is 1.76. The minimum Gasteiger partial charge on any atom is -0.464 e. The fourth-order valence-electron chi connectivity index (χ4n) is 1.91. The molecule has 104 valence electrons. The Morgan fingerprint density at radius 1 is 1.20 bits per heavy atom. The Labute approximate surface area is 116 Å². The summed E-state index contributed by atoms with van der Waals surface area (Å²) in [5.74, 6) is -1.48. The van der Waals surface area contributed by atoms with Gasteiger partial charge in [-0.3, -0.25) is 0 Å². The Morgan fingerprint density at radius 2 is 1.90 bits per heavy atom. The first-order valence-electron chi connectivity index (χ1n) is 6.33. The van der Waals surface area contributed by atoms with Crippen LogP contribution in [0.1, 0.15) is 18.6 Å². The van der Waals surface area contributed by atoms with Crippen LogP contribution in [-0.2, 0) is 9.53 Å². The summed E-state index contributed by atoms with van der Waals surface area (Å²) in [6.07, 6.45) is -1.60. The van der Waals surface area contributed by atoms with Crippen LogP contribution >= 0.6 is 0 Å². The summed E-state index contributed by atoms with van der Waals surface area (Å²) >= 11 is 0. The number of carbonyl (C=O) groups is 1. The zero-order valence-electron chi connectivity index (χ0n) is 11.0. The quantitative estimate of drug-likeness (QED) is 0.871. The van der Waals surface area contributed by atoms with Crippen LogP contribution in [0.25, 0.3) is 11.1 Å². The van der Waals surface area contributed by atoms with Gasteiger partial charge in [0.05, 0.1) is 6.61 Å². The van der Waals surface area contributed by atoms with Crippen molar-refractivity contribution >= 4 is 5.97 Å². The van der Waals surface area contributed by atoms with Gasteiger partial charge in [-0.25, -0.2) is 9.18 Å². The van der Waals surface area contributed by atoms with Gasteiger partial charge in [-0.15, -0.1) is 0 Å². The second kappa shape index (κ2) is 6.30. The standard InChI is InChI=1S/C16H15FO3/c1-2-20-16(19)15(18)13-9-8-12(10-14(13)17)11-6-4-3-5-7-11/h3-10,15,18H,2H2,1H3. The lowest BCUT2D eigenvalue weighted by molar-refractivity contribution is -0.153. The molecule has 0 bridgehead atoms. The lowest BCUT2D eigenvalue weighted by atomic mass is 10.0. The van der Waals surface area contributed by atoms with E-state index in [0.29, 0.717) is 5.56 Å². The molecule has 20 heavy (non-hydrogen) atoms. The molecule has 4 heteroatoms. The van der Waals surface area contributed by atoms with Gasteiger partial charge >= 0.3 is 5.97 Å². The van der Waals surface area contributed by atoms with Crippen LogP contribution in [0.2, 0.25) is 0 Å². The van der Waals surface area contributed by atoms with E-state index in [1.54, 1.807) is 13.0 Å². The molecule has 2 rings (SSSR count). The SMILES string of the molecule is CCOC(=O)C(O)c1ccc(-c2ccccc2)cc1F. The van der Waals surface area contributed by atoms with Gasteiger partial charge in [0.25, 0.3) is 0 Å². The molecule has 0 aromatic heterocycles. The molecular formula is C16H15FO3. The van der Waals surface area contributed by atoms with E-state index >= 15 is 0 Å². The minimum absolute atomic E-state index is 0.0804. The molecule has 1 N–H and O–H groups in total. The number of hydrogen-bond donors (Lipinski definition) is 1. The molecule has 0 fully saturated rings. The van der Waals surface area contributed by atoms with Crippen LogP contribution in [0, 0.1) is 5.82 Å². The smallest absolute Gasteiger partial charge is 0.339 e. The molecule has 0 amide bonds. The first kappa shape index (κ1) is 14.2. The molecule has 2 aromatic carbocycles. The van der Waals surface area contributed by atoms with Gasteiger partial charge in [-0.1, -0.05) is 42.5 Å². The second-order valence-corrected chi connectivity index (χ2v) is 4.26. The number of aliphatic hydroxyl groups excluding tert-OH is 1. The maximum Gasteiger partial charge on any atom is 0.339 e. The summed E-state index contributed by atoms with van der Waals surface area (Å²) in [4.78, 5) is 11.4. The van der Waals surface area contributed by atoms with Crippen LogP contribution in [-0.4, -0.2) is 17.7 Å². The van der Waals surface area contributed by atoms with E-state index < -0.39 is 17.9 Å². The van der Waals surface area contributed by atoms with Crippen molar-refractivity contribution in [2.75, 3.05) is 6.61 Å². The number of hydrogen-bond acceptors (Lipinski definition) is 3. The van der Waals surface area contributed by atoms with E-state index in [-0.39, 0.29) is 12.2 Å². The molecule has 0 saturated carbocycles. The van der Waals surface area contributed by atoms with Gasteiger partial charge in [-0.2, -0.15) is 0 Å². The van der Waals surface area contributed by atoms with Crippen LogP contribution in [0.5, 0.6) is 0 Å². The summed E-state index contributed by atoms with van der Waals surface area (Å²) in [5.41, 5.74) is 1.47. The van der Waals surface area contributed by atoms with Crippen molar-refractivity contribution in [3.63, 3.8) is 0 Å². The Hall–Kier alpha value is -2.20. The predicted molar refractivity (Wildman–Crippen MR) is 73.4 cm³/mol. The number of aliphatic hydroxyl groups is 1. The summed E-state index contributed by atoms with van der Waals surface area (Å²) < 4.78 is 18.7. The number of ether oxygens (including phenoxy) is 1. The van der Waals surface area contributed by atoms with E-state index in [9.17, 15) is 14.3 Å². The van der Waals surface area contributed by atoms with Gasteiger partial charge in [-0.05, 0) is 24.1 Å². The third-order valence-electron chi connectivity index (χ3n) is 2.91. The Bertz CT molecular complexity index is 596. The third-order valence-corrected chi connectivity index (χ3v) is 2.91. The van der Waals surface area contributed by atoms with Gasteiger partial charge < -0.3 is 9.84 Å². The van der Waals surface area contributed by atoms with Crippen molar-refractivity contribution in [1.29, 1.82) is 0 Å². The molecule has 1 unspecified atom stereocenters. The van der Waals surface area contributed by atoms with E-state index in [4.69, 9.17) is 0 Å². The molecule has 0 saturated heterocycles. The van der Waals surface area contributed by atoms with E-state index in [1.807, 2.05) is 30.3 Å². The highest BCUT2D eigenvalue weighted by Gasteiger charge is 2.22. The lowest BCUT2D eigenvalue weighted by Gasteiger charge is -2.12. The molecule has 0 aliphatic carbocycles. The van der Waals surface area contributed by atoms with Gasteiger partial charge in [0.15, 0.2) is 6.10 Å². The Morgan fingerprint density at radius 3 is 2.50 bits per heavy atom. The van der Waals surface area contributed by atoms with E-state index in [0.717, 1.165) is 5.56 Å². The Balaban J connectivity index is 2.29. The molecule has 2 aromatic rings. The highest BCUT2D eigenvalue weighted by atomic mass is 19.1. The molecule has 1 atom stereocenters. The van der Waals surface area contributed by atoms with Crippen LogP contribution < -0.4 is 0 Å². The molecule has 3 nitrogen and oxygen atoms in total. The number of rotatable bonds is 4. The maximum atomic E-state index is 14.0. The highest BCUT2D eigenvalue weighted by molar-refractivity contribution is 5.77. The lowest BCUT2D eigenvalue weighted by Crippen LogP contribution is -2.16. The normalized spacial score (nSPS) is 11.9. The van der Waals surface area contributed by atoms with Crippen LogP contribution in [0.3, 0.4) is 0 Å². The van der Waals surface area contributed by atoms with Crippen LogP contribution in [0.15, 0.2) is 48.5 Å². The topological polar surface area (TPSA) is 46.5 Å². The highest BCUT2D eigenvalue weighted by Crippen LogP contribution is 2.25. The average Bonchev–Trinajstić information content (AvgIpc) is 2.47. The van der Waals surface area contributed by atoms with E-state index in [2.05, 4.69) is 4.74 Å². The van der Waals surface area contributed by atoms with Crippen molar-refractivity contribution < 1.29 is 19.0 Å². The minimum atomic E-state index is -1.60. The average molecular weight is 274 g/mol. The van der Waals surface area contributed by atoms with Crippen molar-refractivity contribution in [1.82, 2.24) is 0 Å². The van der Waals surface area contributed by atoms with E-state index in [1.165, 1.54) is 12.1 Å². The number of esters is 1. The number of carbonyl (C=O) groups excluding carboxylic acids is 1. The first-order chi connectivity index (χ1) is 9.63. The predicted octanol–water partition coefficient (Wildman–Crippen LogP) is 3.09. The maximum absolute atomic E-state index is 14.0. The number of benzene rings is 2. The molecule has 0 aliphatic heterocycles. The fraction of sp³-hybridized carbons (Fsp3) is 0.188. The number of halogens is 1. The molecule has 0 spiro atoms. The zero-order valence-corrected chi connectivity index (χ0v) is 11.0. The molecule has 0 aliphatic rings. The largest absolute Gasteiger partial charge is 0.464 e. The van der Waals surface area contributed by atoms with Crippen LogP contribution in [0.4, 0.5) is 4.39 Å². The van der Waals surface area contributed by atoms with Crippen molar-refractivity contribution in [2.45, 2.75) is 13.0 Å². The van der Waals surface area contributed by atoms with Gasteiger partial charge in [0, 0.05) is 5.56 Å². The van der Waals surface area contributed by atoms with Crippen molar-refractivity contribution in [3.8, 4) is 11.1 Å². The summed E-state index contributed by atoms with van der Waals surface area (Å²) in [7, 11) is 0. The van der Waals surface area contributed by atoms with Crippen molar-refractivity contribution in [2.24, 2.45) is 0 Å². The monoisotopic (exact) mass is 274 g/mol. The van der Waals surface area contributed by atoms with Gasteiger partial charge in [0.1, 0.15) is 5.82 Å². The molecule has 0 radical (unpaired) electrons. The zero-order chi connectivity index (χ0) is 14.5. The fourth-order valence-corrected chi connectivity index (χ4v) is 1.91. The molecule has 0 heterocycles. The Kier molecular flexibility index (Phi) is 4.48.